The van der Waals surface area contributed by atoms with E-state index in [1.165, 1.54) is 0 Å². The summed E-state index contributed by atoms with van der Waals surface area (Å²) in [6.07, 6.45) is 8.43. The highest BCUT2D eigenvalue weighted by atomic mass is 32.2. The minimum Gasteiger partial charge on any atom is -0.543 e. The Kier molecular flexibility index (Phi) is 10.8. The van der Waals surface area contributed by atoms with Crippen LogP contribution in [0.15, 0.2) is 36.7 Å². The molecule has 0 radical (unpaired) electrons. The number of hydrogen-bond acceptors (Lipinski definition) is 9. The van der Waals surface area contributed by atoms with Crippen molar-refractivity contribution in [3.05, 3.63) is 42.2 Å². The van der Waals surface area contributed by atoms with Crippen LogP contribution < -0.4 is 4.43 Å². The van der Waals surface area contributed by atoms with E-state index < -0.39 is 18.4 Å². The summed E-state index contributed by atoms with van der Waals surface area (Å²) in [5.74, 6) is 0.863. The zero-order chi connectivity index (χ0) is 30.4. The standard InChI is InChI=1S/C30H45N3O7SSi/c1-30(2,3)42(5,6)40-25-10-11-27-26(20-25)29(32-33(27)28-9-7-8-13-38-28)24-19-23(21-31-22-24)12-14-36-15-16-37-17-18-39-41(4,34)35/h10-11,19-22,28H,7-9,12-18H2,1-6H3. The van der Waals surface area contributed by atoms with Crippen LogP contribution in [0, 0.1) is 0 Å². The molecule has 1 fully saturated rings. The normalized spacial score (nSPS) is 16.7. The molecule has 0 aliphatic carbocycles. The van der Waals surface area contributed by atoms with E-state index in [2.05, 4.69) is 67.3 Å². The number of hydrogen-bond donors (Lipinski definition) is 0. The lowest BCUT2D eigenvalue weighted by Crippen LogP contribution is -2.43. The molecule has 1 aliphatic rings. The van der Waals surface area contributed by atoms with E-state index in [1.54, 1.807) is 0 Å². The van der Waals surface area contributed by atoms with Gasteiger partial charge in [0.05, 0.1) is 44.8 Å². The summed E-state index contributed by atoms with van der Waals surface area (Å²) in [6, 6.07) is 8.40. The van der Waals surface area contributed by atoms with Crippen LogP contribution in [0.2, 0.25) is 18.1 Å². The third-order valence-electron chi connectivity index (χ3n) is 7.79. The molecule has 1 aromatic carbocycles. The molecule has 0 bridgehead atoms. The maximum absolute atomic E-state index is 11.0. The smallest absolute Gasteiger partial charge is 0.264 e. The van der Waals surface area contributed by atoms with Crippen molar-refractivity contribution in [3.8, 4) is 17.0 Å². The van der Waals surface area contributed by atoms with E-state index in [9.17, 15) is 8.42 Å². The average Bonchev–Trinajstić information content (AvgIpc) is 3.30. The van der Waals surface area contributed by atoms with Crippen LogP contribution >= 0.6 is 0 Å². The first kappa shape index (κ1) is 32.6. The summed E-state index contributed by atoms with van der Waals surface area (Å²) in [6.45, 7) is 13.4. The van der Waals surface area contributed by atoms with E-state index in [0.29, 0.717) is 26.2 Å². The molecule has 3 aromatic rings. The van der Waals surface area contributed by atoms with Crippen LogP contribution in [0.4, 0.5) is 0 Å². The Labute approximate surface area is 250 Å². The van der Waals surface area contributed by atoms with Crippen molar-refractivity contribution in [2.45, 2.75) is 70.8 Å². The maximum atomic E-state index is 11.0. The van der Waals surface area contributed by atoms with Crippen molar-refractivity contribution in [3.63, 3.8) is 0 Å². The van der Waals surface area contributed by atoms with Crippen molar-refractivity contribution in [2.75, 3.05) is 45.9 Å². The molecule has 1 unspecified atom stereocenters. The van der Waals surface area contributed by atoms with Gasteiger partial charge in [-0.15, -0.1) is 0 Å². The van der Waals surface area contributed by atoms with E-state index >= 15 is 0 Å². The molecule has 3 heterocycles. The Morgan fingerprint density at radius 1 is 1.02 bits per heavy atom. The van der Waals surface area contributed by atoms with Gasteiger partial charge in [-0.05, 0) is 73.6 Å². The molecular weight excluding hydrogens is 574 g/mol. The first-order valence-corrected chi connectivity index (χ1v) is 19.3. The van der Waals surface area contributed by atoms with Crippen molar-refractivity contribution < 1.29 is 31.2 Å². The fraction of sp³-hybridized carbons (Fsp3) is 0.600. The Hall–Kier alpha value is -2.35. The maximum Gasteiger partial charge on any atom is 0.264 e. The Morgan fingerprint density at radius 2 is 1.76 bits per heavy atom. The minimum absolute atomic E-state index is 0.00147. The van der Waals surface area contributed by atoms with E-state index in [-0.39, 0.29) is 24.5 Å². The van der Waals surface area contributed by atoms with Gasteiger partial charge in [0.15, 0.2) is 6.23 Å². The van der Waals surface area contributed by atoms with Crippen LogP contribution in [-0.2, 0) is 34.9 Å². The van der Waals surface area contributed by atoms with Crippen LogP contribution in [-0.4, -0.2) is 77.4 Å². The Balaban J connectivity index is 1.47. The number of fused-ring (bicyclic) bond motifs is 1. The number of ether oxygens (including phenoxy) is 3. The SMILES string of the molecule is CC(C)(C)[Si](C)(C)Oc1ccc2c(c1)c(-c1cncc(CCOCCOCCOS(C)(=O)=O)c1)nn2C1CCCCO1. The number of aromatic nitrogens is 3. The first-order chi connectivity index (χ1) is 19.8. The Bertz CT molecular complexity index is 1430. The highest BCUT2D eigenvalue weighted by Gasteiger charge is 2.39. The molecule has 2 aromatic heterocycles. The van der Waals surface area contributed by atoms with E-state index in [0.717, 1.165) is 65.6 Å². The fourth-order valence-corrected chi connectivity index (χ4v) is 5.88. The summed E-state index contributed by atoms with van der Waals surface area (Å²) in [7, 11) is -5.47. The highest BCUT2D eigenvalue weighted by Crippen LogP contribution is 2.40. The van der Waals surface area contributed by atoms with Gasteiger partial charge in [-0.25, -0.2) is 4.68 Å². The molecule has 1 aliphatic heterocycles. The summed E-state index contributed by atoms with van der Waals surface area (Å²) in [4.78, 5) is 4.52. The summed E-state index contributed by atoms with van der Waals surface area (Å²) in [5.41, 5.74) is 3.86. The molecular formula is C30H45N3O7SSi. The number of rotatable bonds is 14. The van der Waals surface area contributed by atoms with Gasteiger partial charge < -0.3 is 18.6 Å². The summed E-state index contributed by atoms with van der Waals surface area (Å²) in [5, 5.41) is 6.19. The lowest BCUT2D eigenvalue weighted by Gasteiger charge is -2.36. The minimum atomic E-state index is -3.45. The van der Waals surface area contributed by atoms with E-state index in [1.807, 2.05) is 17.1 Å². The summed E-state index contributed by atoms with van der Waals surface area (Å²) >= 11 is 0. The Morgan fingerprint density at radius 3 is 2.45 bits per heavy atom. The zero-order valence-corrected chi connectivity index (χ0v) is 27.5. The zero-order valence-electron chi connectivity index (χ0n) is 25.7. The number of pyridine rings is 1. The molecule has 1 atom stereocenters. The molecule has 12 heteroatoms. The number of benzene rings is 1. The van der Waals surface area contributed by atoms with Crippen molar-refractivity contribution in [2.24, 2.45) is 0 Å². The molecule has 0 amide bonds. The molecule has 232 valence electrons. The molecule has 4 rings (SSSR count). The van der Waals surface area contributed by atoms with Crippen LogP contribution in [0.1, 0.15) is 51.8 Å². The van der Waals surface area contributed by atoms with Gasteiger partial charge in [0.25, 0.3) is 10.1 Å². The van der Waals surface area contributed by atoms with Crippen molar-refractivity contribution >= 4 is 29.3 Å². The molecule has 0 N–H and O–H groups in total. The van der Waals surface area contributed by atoms with Crippen LogP contribution in [0.3, 0.4) is 0 Å². The monoisotopic (exact) mass is 619 g/mol. The van der Waals surface area contributed by atoms with Crippen LogP contribution in [0.5, 0.6) is 5.75 Å². The molecule has 10 nitrogen and oxygen atoms in total. The van der Waals surface area contributed by atoms with Gasteiger partial charge in [-0.1, -0.05) is 20.8 Å². The fourth-order valence-electron chi connectivity index (χ4n) is 4.49. The first-order valence-electron chi connectivity index (χ1n) is 14.6. The van der Waals surface area contributed by atoms with Gasteiger partial charge in [-0.3, -0.25) is 9.17 Å². The van der Waals surface area contributed by atoms with Gasteiger partial charge >= 0.3 is 0 Å². The lowest BCUT2D eigenvalue weighted by molar-refractivity contribution is -0.0365. The van der Waals surface area contributed by atoms with Crippen molar-refractivity contribution in [1.82, 2.24) is 14.8 Å². The highest BCUT2D eigenvalue weighted by molar-refractivity contribution is 7.85. The van der Waals surface area contributed by atoms with Gasteiger partial charge in [0.1, 0.15) is 11.4 Å². The molecule has 0 spiro atoms. The predicted octanol–water partition coefficient (Wildman–Crippen LogP) is 5.73. The second-order valence-corrected chi connectivity index (χ2v) is 18.6. The second kappa shape index (κ2) is 14.0. The average molecular weight is 620 g/mol. The molecule has 0 saturated carbocycles. The molecule has 42 heavy (non-hydrogen) atoms. The van der Waals surface area contributed by atoms with Crippen molar-refractivity contribution in [1.29, 1.82) is 0 Å². The third kappa shape index (κ3) is 8.84. The van der Waals surface area contributed by atoms with Gasteiger partial charge in [0, 0.05) is 30.0 Å². The van der Waals surface area contributed by atoms with E-state index in [4.69, 9.17) is 23.7 Å². The van der Waals surface area contributed by atoms with Crippen LogP contribution in [0.25, 0.3) is 22.2 Å². The number of nitrogens with zero attached hydrogens (tertiary/aromatic N) is 3. The predicted molar refractivity (Wildman–Crippen MR) is 166 cm³/mol. The second-order valence-electron chi connectivity index (χ2n) is 12.2. The van der Waals surface area contributed by atoms with Gasteiger partial charge in [0.2, 0.25) is 8.32 Å². The summed E-state index contributed by atoms with van der Waals surface area (Å²) < 4.78 is 52.5. The quantitative estimate of drug-likeness (QED) is 0.127. The largest absolute Gasteiger partial charge is 0.543 e. The third-order valence-corrected chi connectivity index (χ3v) is 12.7. The van der Waals surface area contributed by atoms with Gasteiger partial charge in [-0.2, -0.15) is 13.5 Å². The topological polar surface area (TPSA) is 111 Å². The lowest BCUT2D eigenvalue weighted by atomic mass is 10.1. The molecule has 1 saturated heterocycles.